The molecule has 3 aliphatic rings. The van der Waals surface area contributed by atoms with Crippen molar-refractivity contribution < 1.29 is 4.79 Å². The molecule has 3 rings (SSSR count). The van der Waals surface area contributed by atoms with Gasteiger partial charge in [-0.3, -0.25) is 4.79 Å². The summed E-state index contributed by atoms with van der Waals surface area (Å²) in [5, 5.41) is 2.98. The molecule has 11 heavy (non-hydrogen) atoms. The first-order chi connectivity index (χ1) is 5.36. The van der Waals surface area contributed by atoms with Crippen LogP contribution in [-0.4, -0.2) is 12.5 Å². The molecule has 0 aromatic heterocycles. The van der Waals surface area contributed by atoms with Gasteiger partial charge in [0.1, 0.15) is 0 Å². The van der Waals surface area contributed by atoms with Crippen molar-refractivity contribution >= 4 is 5.91 Å². The second-order valence-corrected chi connectivity index (χ2v) is 4.27. The fraction of sp³-hybridized carbons (Fsp3) is 0.889. The number of hydrogen-bond acceptors (Lipinski definition) is 1. The normalized spacial score (nSPS) is 52.9. The van der Waals surface area contributed by atoms with E-state index in [1.54, 1.807) is 0 Å². The van der Waals surface area contributed by atoms with Gasteiger partial charge in [-0.1, -0.05) is 0 Å². The van der Waals surface area contributed by atoms with E-state index in [1.807, 2.05) is 0 Å². The van der Waals surface area contributed by atoms with Crippen LogP contribution < -0.4 is 5.32 Å². The first kappa shape index (κ1) is 6.04. The summed E-state index contributed by atoms with van der Waals surface area (Å²) in [6, 6.07) is 0. The van der Waals surface area contributed by atoms with Gasteiger partial charge in [0.05, 0.1) is 0 Å². The van der Waals surface area contributed by atoms with Crippen molar-refractivity contribution in [3.05, 3.63) is 0 Å². The van der Waals surface area contributed by atoms with Gasteiger partial charge < -0.3 is 5.32 Å². The highest BCUT2D eigenvalue weighted by Crippen LogP contribution is 2.53. The number of nitrogens with one attached hydrogen (secondary N) is 1. The van der Waals surface area contributed by atoms with Crippen LogP contribution in [0.5, 0.6) is 0 Å². The van der Waals surface area contributed by atoms with E-state index in [9.17, 15) is 4.79 Å². The second kappa shape index (κ2) is 1.79. The molecule has 0 radical (unpaired) electrons. The Hall–Kier alpha value is -0.530. The lowest BCUT2D eigenvalue weighted by atomic mass is 9.81. The van der Waals surface area contributed by atoms with Crippen LogP contribution in [-0.2, 0) is 4.79 Å². The van der Waals surface area contributed by atoms with Crippen molar-refractivity contribution in [3.63, 3.8) is 0 Å². The summed E-state index contributed by atoms with van der Waals surface area (Å²) < 4.78 is 0. The standard InChI is InChI=1S/C9H13NO/c11-9-8-6-2-1-5(3-6)7(8)4-10-9/h5-8H,1-4H2,(H,10,11). The smallest absolute Gasteiger partial charge is 0.223 e. The number of rotatable bonds is 0. The Bertz CT molecular complexity index is 214. The molecule has 1 N–H and O–H groups in total. The molecule has 0 aromatic rings. The molecule has 2 saturated carbocycles. The largest absolute Gasteiger partial charge is 0.356 e. The van der Waals surface area contributed by atoms with Gasteiger partial charge >= 0.3 is 0 Å². The van der Waals surface area contributed by atoms with Crippen LogP contribution in [0, 0.1) is 23.7 Å². The van der Waals surface area contributed by atoms with Crippen LogP contribution in [0.3, 0.4) is 0 Å². The molecule has 2 nitrogen and oxygen atoms in total. The van der Waals surface area contributed by atoms with Gasteiger partial charge in [-0.2, -0.15) is 0 Å². The fourth-order valence-electron chi connectivity index (χ4n) is 3.45. The van der Waals surface area contributed by atoms with E-state index in [4.69, 9.17) is 0 Å². The molecular formula is C9H13NO. The van der Waals surface area contributed by atoms with Crippen LogP contribution in [0.1, 0.15) is 19.3 Å². The van der Waals surface area contributed by atoms with Crippen LogP contribution in [0.2, 0.25) is 0 Å². The van der Waals surface area contributed by atoms with Gasteiger partial charge in [-0.05, 0) is 37.0 Å². The van der Waals surface area contributed by atoms with E-state index < -0.39 is 0 Å². The number of hydrogen-bond donors (Lipinski definition) is 1. The molecule has 1 aliphatic heterocycles. The zero-order chi connectivity index (χ0) is 7.42. The summed E-state index contributed by atoms with van der Waals surface area (Å²) in [4.78, 5) is 11.3. The minimum Gasteiger partial charge on any atom is -0.356 e. The van der Waals surface area contributed by atoms with Crippen molar-refractivity contribution in [2.24, 2.45) is 23.7 Å². The summed E-state index contributed by atoms with van der Waals surface area (Å²) in [6.07, 6.45) is 4.06. The zero-order valence-corrected chi connectivity index (χ0v) is 6.55. The highest BCUT2D eigenvalue weighted by Gasteiger charge is 2.53. The van der Waals surface area contributed by atoms with E-state index in [0.29, 0.717) is 11.8 Å². The van der Waals surface area contributed by atoms with Crippen LogP contribution in [0.4, 0.5) is 0 Å². The predicted molar refractivity (Wildman–Crippen MR) is 40.8 cm³/mol. The Morgan fingerprint density at radius 3 is 2.91 bits per heavy atom. The molecule has 3 fully saturated rings. The molecule has 1 saturated heterocycles. The average molecular weight is 151 g/mol. The lowest BCUT2D eigenvalue weighted by Gasteiger charge is -2.20. The van der Waals surface area contributed by atoms with Gasteiger partial charge in [0.15, 0.2) is 0 Å². The summed E-state index contributed by atoms with van der Waals surface area (Å²) in [5.74, 6) is 3.15. The van der Waals surface area contributed by atoms with Crippen LogP contribution >= 0.6 is 0 Å². The molecule has 4 atom stereocenters. The van der Waals surface area contributed by atoms with Crippen LogP contribution in [0.25, 0.3) is 0 Å². The number of fused-ring (bicyclic) bond motifs is 5. The maximum absolute atomic E-state index is 11.3. The number of carbonyl (C=O) groups is 1. The van der Waals surface area contributed by atoms with Gasteiger partial charge in [-0.25, -0.2) is 0 Å². The topological polar surface area (TPSA) is 29.1 Å². The molecule has 60 valence electrons. The molecule has 2 heteroatoms. The van der Waals surface area contributed by atoms with Crippen molar-refractivity contribution in [1.29, 1.82) is 0 Å². The molecule has 1 heterocycles. The van der Waals surface area contributed by atoms with Crippen molar-refractivity contribution in [3.8, 4) is 0 Å². The lowest BCUT2D eigenvalue weighted by Crippen LogP contribution is -2.24. The van der Waals surface area contributed by atoms with Crippen molar-refractivity contribution in [2.45, 2.75) is 19.3 Å². The Labute approximate surface area is 66.4 Å². The first-order valence-corrected chi connectivity index (χ1v) is 4.64. The molecule has 4 unspecified atom stereocenters. The van der Waals surface area contributed by atoms with Crippen molar-refractivity contribution in [2.75, 3.05) is 6.54 Å². The quantitative estimate of drug-likeness (QED) is 0.544. The molecule has 0 aromatic carbocycles. The molecule has 2 aliphatic carbocycles. The molecule has 1 amide bonds. The number of amides is 1. The summed E-state index contributed by atoms with van der Waals surface area (Å²) >= 11 is 0. The van der Waals surface area contributed by atoms with E-state index in [-0.39, 0.29) is 0 Å². The van der Waals surface area contributed by atoms with Gasteiger partial charge in [0, 0.05) is 12.5 Å². The predicted octanol–water partition coefficient (Wildman–Crippen LogP) is 0.778. The molecular weight excluding hydrogens is 138 g/mol. The van der Waals surface area contributed by atoms with E-state index in [0.717, 1.165) is 24.3 Å². The van der Waals surface area contributed by atoms with E-state index in [1.165, 1.54) is 19.3 Å². The monoisotopic (exact) mass is 151 g/mol. The molecule has 0 spiro atoms. The lowest BCUT2D eigenvalue weighted by molar-refractivity contribution is -0.124. The Morgan fingerprint density at radius 2 is 2.09 bits per heavy atom. The Kier molecular flexibility index (Phi) is 0.984. The average Bonchev–Trinajstić information content (AvgIpc) is 2.60. The third kappa shape index (κ3) is 0.608. The highest BCUT2D eigenvalue weighted by atomic mass is 16.2. The van der Waals surface area contributed by atoms with Gasteiger partial charge in [0.25, 0.3) is 0 Å². The first-order valence-electron chi connectivity index (χ1n) is 4.64. The third-order valence-corrected chi connectivity index (χ3v) is 3.90. The summed E-state index contributed by atoms with van der Waals surface area (Å²) in [6.45, 7) is 0.977. The van der Waals surface area contributed by atoms with Gasteiger partial charge in [0.2, 0.25) is 5.91 Å². The minimum atomic E-state index is 0.349. The summed E-state index contributed by atoms with van der Waals surface area (Å²) in [7, 11) is 0. The number of carbonyl (C=O) groups excluding carboxylic acids is 1. The highest BCUT2D eigenvalue weighted by molar-refractivity contribution is 5.82. The third-order valence-electron chi connectivity index (χ3n) is 3.90. The van der Waals surface area contributed by atoms with Crippen LogP contribution in [0.15, 0.2) is 0 Å². The maximum Gasteiger partial charge on any atom is 0.223 e. The Morgan fingerprint density at radius 1 is 1.27 bits per heavy atom. The SMILES string of the molecule is O=C1NCC2C3CCC(C3)C12. The maximum atomic E-state index is 11.3. The fourth-order valence-corrected chi connectivity index (χ4v) is 3.45. The summed E-state index contributed by atoms with van der Waals surface area (Å²) in [5.41, 5.74) is 0. The zero-order valence-electron chi connectivity index (χ0n) is 6.55. The van der Waals surface area contributed by atoms with Gasteiger partial charge in [-0.15, -0.1) is 0 Å². The Balaban J connectivity index is 1.97. The minimum absolute atomic E-state index is 0.349. The second-order valence-electron chi connectivity index (χ2n) is 4.27. The van der Waals surface area contributed by atoms with E-state index >= 15 is 0 Å². The van der Waals surface area contributed by atoms with E-state index in [2.05, 4.69) is 5.32 Å². The molecule has 2 bridgehead atoms. The van der Waals surface area contributed by atoms with Crippen molar-refractivity contribution in [1.82, 2.24) is 5.32 Å².